The lowest BCUT2D eigenvalue weighted by atomic mass is 10.1. The highest BCUT2D eigenvalue weighted by Gasteiger charge is 2.25. The summed E-state index contributed by atoms with van der Waals surface area (Å²) >= 11 is 1.53. The van der Waals surface area contributed by atoms with E-state index in [1.54, 1.807) is 0 Å². The highest BCUT2D eigenvalue weighted by Crippen LogP contribution is 2.34. The summed E-state index contributed by atoms with van der Waals surface area (Å²) in [6.07, 6.45) is 2.26. The Hall–Kier alpha value is -1.89. The number of amides is 1. The number of nitrogens with zero attached hydrogens (tertiary/aromatic N) is 1. The standard InChI is InChI=1S/C19H21NO4S/c21-12-13-3-4-15-14(10-13)11-20(7-9-24-15)19(22)18-6-5-17(25-18)16-2-1-8-23-16/h3-6,10,16,21H,1-2,7-9,11-12H2/t16-/m1/s1. The molecule has 2 aliphatic heterocycles. The molecule has 1 fully saturated rings. The molecule has 1 saturated heterocycles. The van der Waals surface area contributed by atoms with Gasteiger partial charge < -0.3 is 19.5 Å². The van der Waals surface area contributed by atoms with E-state index in [1.165, 1.54) is 11.3 Å². The van der Waals surface area contributed by atoms with Crippen molar-refractivity contribution < 1.29 is 19.4 Å². The second kappa shape index (κ2) is 7.15. The van der Waals surface area contributed by atoms with Crippen molar-refractivity contribution in [1.82, 2.24) is 4.90 Å². The van der Waals surface area contributed by atoms with E-state index in [0.29, 0.717) is 19.7 Å². The number of hydrogen-bond donors (Lipinski definition) is 1. The molecule has 0 radical (unpaired) electrons. The maximum absolute atomic E-state index is 12.9. The molecule has 1 aromatic carbocycles. The first-order valence-electron chi connectivity index (χ1n) is 8.60. The Bertz CT molecular complexity index is 767. The van der Waals surface area contributed by atoms with Gasteiger partial charge in [-0.2, -0.15) is 0 Å². The number of carbonyl (C=O) groups is 1. The average molecular weight is 359 g/mol. The van der Waals surface area contributed by atoms with Crippen molar-refractivity contribution >= 4 is 17.2 Å². The fourth-order valence-electron chi connectivity index (χ4n) is 3.32. The highest BCUT2D eigenvalue weighted by atomic mass is 32.1. The van der Waals surface area contributed by atoms with Gasteiger partial charge >= 0.3 is 0 Å². The lowest BCUT2D eigenvalue weighted by Crippen LogP contribution is -2.31. The van der Waals surface area contributed by atoms with E-state index in [2.05, 4.69) is 0 Å². The zero-order valence-electron chi connectivity index (χ0n) is 13.9. The van der Waals surface area contributed by atoms with Crippen LogP contribution in [0, 0.1) is 0 Å². The quantitative estimate of drug-likeness (QED) is 0.915. The lowest BCUT2D eigenvalue weighted by Gasteiger charge is -2.19. The maximum Gasteiger partial charge on any atom is 0.264 e. The highest BCUT2D eigenvalue weighted by molar-refractivity contribution is 7.14. The van der Waals surface area contributed by atoms with Gasteiger partial charge in [0.1, 0.15) is 12.4 Å². The Morgan fingerprint density at radius 2 is 2.20 bits per heavy atom. The van der Waals surface area contributed by atoms with Gasteiger partial charge in [0.05, 0.1) is 24.1 Å². The Balaban J connectivity index is 1.53. The zero-order valence-corrected chi connectivity index (χ0v) is 14.8. The fourth-order valence-corrected chi connectivity index (χ4v) is 4.38. The van der Waals surface area contributed by atoms with Crippen LogP contribution in [0.1, 0.15) is 44.6 Å². The summed E-state index contributed by atoms with van der Waals surface area (Å²) in [4.78, 5) is 16.6. The van der Waals surface area contributed by atoms with Crippen LogP contribution in [-0.2, 0) is 17.9 Å². The SMILES string of the molecule is O=C(c1ccc([C@H]2CCCO2)s1)N1CCOc2ccc(CO)cc2C1. The number of thiophene rings is 1. The molecule has 1 aromatic heterocycles. The van der Waals surface area contributed by atoms with Crippen LogP contribution in [0.2, 0.25) is 0 Å². The van der Waals surface area contributed by atoms with Crippen LogP contribution in [0.15, 0.2) is 30.3 Å². The van der Waals surface area contributed by atoms with E-state index in [4.69, 9.17) is 9.47 Å². The number of aliphatic hydroxyl groups excluding tert-OH is 1. The molecule has 0 bridgehead atoms. The minimum atomic E-state index is -0.0170. The first kappa shape index (κ1) is 16.6. The molecule has 0 spiro atoms. The summed E-state index contributed by atoms with van der Waals surface area (Å²) in [7, 11) is 0. The molecule has 0 aliphatic carbocycles. The van der Waals surface area contributed by atoms with E-state index < -0.39 is 0 Å². The first-order chi connectivity index (χ1) is 12.2. The van der Waals surface area contributed by atoms with Gasteiger partial charge in [-0.15, -0.1) is 11.3 Å². The van der Waals surface area contributed by atoms with Crippen molar-refractivity contribution in [3.8, 4) is 5.75 Å². The Labute approximate surface area is 150 Å². The monoisotopic (exact) mass is 359 g/mol. The number of benzene rings is 1. The summed E-state index contributed by atoms with van der Waals surface area (Å²) in [5.41, 5.74) is 1.77. The topological polar surface area (TPSA) is 59.0 Å². The molecule has 2 aromatic rings. The van der Waals surface area contributed by atoms with E-state index >= 15 is 0 Å². The van der Waals surface area contributed by atoms with Crippen LogP contribution in [0.25, 0.3) is 0 Å². The number of fused-ring (bicyclic) bond motifs is 1. The minimum absolute atomic E-state index is 0.0170. The Morgan fingerprint density at radius 3 is 3.00 bits per heavy atom. The number of aliphatic hydroxyl groups is 1. The van der Waals surface area contributed by atoms with Crippen molar-refractivity contribution in [3.05, 3.63) is 51.2 Å². The van der Waals surface area contributed by atoms with Gasteiger partial charge in [0.2, 0.25) is 0 Å². The number of carbonyl (C=O) groups excluding carboxylic acids is 1. The van der Waals surface area contributed by atoms with Crippen molar-refractivity contribution in [2.45, 2.75) is 32.1 Å². The van der Waals surface area contributed by atoms with Gasteiger partial charge in [-0.05, 0) is 42.7 Å². The summed E-state index contributed by atoms with van der Waals surface area (Å²) in [5.74, 6) is 0.818. The second-order valence-corrected chi connectivity index (χ2v) is 7.49. The Kier molecular flexibility index (Phi) is 4.74. The molecule has 0 unspecified atom stereocenters. The normalized spacial score (nSPS) is 20.0. The molecule has 132 valence electrons. The van der Waals surface area contributed by atoms with Gasteiger partial charge in [-0.1, -0.05) is 6.07 Å². The van der Waals surface area contributed by atoms with Crippen LogP contribution < -0.4 is 4.74 Å². The number of rotatable bonds is 3. The van der Waals surface area contributed by atoms with Gasteiger partial charge in [0, 0.05) is 23.6 Å². The largest absolute Gasteiger partial charge is 0.491 e. The van der Waals surface area contributed by atoms with Crippen molar-refractivity contribution in [2.24, 2.45) is 0 Å². The number of ether oxygens (including phenoxy) is 2. The number of hydrogen-bond acceptors (Lipinski definition) is 5. The van der Waals surface area contributed by atoms with Crippen molar-refractivity contribution in [3.63, 3.8) is 0 Å². The third-order valence-electron chi connectivity index (χ3n) is 4.66. The fraction of sp³-hybridized carbons (Fsp3) is 0.421. The molecule has 1 atom stereocenters. The van der Waals surface area contributed by atoms with Crippen molar-refractivity contribution in [1.29, 1.82) is 0 Å². The van der Waals surface area contributed by atoms with E-state index in [0.717, 1.165) is 46.1 Å². The summed E-state index contributed by atoms with van der Waals surface area (Å²) in [6.45, 7) is 2.31. The van der Waals surface area contributed by atoms with Gasteiger partial charge in [0.15, 0.2) is 0 Å². The molecule has 2 aliphatic rings. The maximum atomic E-state index is 12.9. The van der Waals surface area contributed by atoms with Gasteiger partial charge in [0.25, 0.3) is 5.91 Å². The van der Waals surface area contributed by atoms with Crippen molar-refractivity contribution in [2.75, 3.05) is 19.8 Å². The van der Waals surface area contributed by atoms with Crippen LogP contribution >= 0.6 is 11.3 Å². The summed E-state index contributed by atoms with van der Waals surface area (Å²) in [6, 6.07) is 9.55. The Morgan fingerprint density at radius 1 is 1.28 bits per heavy atom. The lowest BCUT2D eigenvalue weighted by molar-refractivity contribution is 0.0738. The average Bonchev–Trinajstić information content (AvgIpc) is 3.28. The smallest absolute Gasteiger partial charge is 0.264 e. The predicted octanol–water partition coefficient (Wildman–Crippen LogP) is 3.13. The third kappa shape index (κ3) is 3.42. The van der Waals surface area contributed by atoms with Gasteiger partial charge in [-0.3, -0.25) is 4.79 Å². The van der Waals surface area contributed by atoms with E-state index in [-0.39, 0.29) is 18.6 Å². The molecule has 1 N–H and O–H groups in total. The van der Waals surface area contributed by atoms with Crippen LogP contribution in [0.5, 0.6) is 5.75 Å². The zero-order chi connectivity index (χ0) is 17.2. The van der Waals surface area contributed by atoms with Crippen LogP contribution in [0.3, 0.4) is 0 Å². The molecule has 3 heterocycles. The predicted molar refractivity (Wildman–Crippen MR) is 94.8 cm³/mol. The van der Waals surface area contributed by atoms with Crippen LogP contribution in [0.4, 0.5) is 0 Å². The second-order valence-electron chi connectivity index (χ2n) is 6.38. The minimum Gasteiger partial charge on any atom is -0.491 e. The summed E-state index contributed by atoms with van der Waals surface area (Å²) < 4.78 is 11.5. The van der Waals surface area contributed by atoms with E-state index in [9.17, 15) is 9.90 Å². The summed E-state index contributed by atoms with van der Waals surface area (Å²) in [5, 5.41) is 9.34. The van der Waals surface area contributed by atoms with Gasteiger partial charge in [-0.25, -0.2) is 0 Å². The molecule has 0 saturated carbocycles. The molecule has 1 amide bonds. The molecular weight excluding hydrogens is 338 g/mol. The molecule has 5 nitrogen and oxygen atoms in total. The first-order valence-corrected chi connectivity index (χ1v) is 9.42. The molecule has 25 heavy (non-hydrogen) atoms. The molecule has 4 rings (SSSR count). The van der Waals surface area contributed by atoms with Crippen LogP contribution in [-0.4, -0.2) is 35.7 Å². The third-order valence-corrected chi connectivity index (χ3v) is 5.82. The molecular formula is C19H21NO4S. The molecule has 6 heteroatoms. The van der Waals surface area contributed by atoms with E-state index in [1.807, 2.05) is 35.2 Å².